The Kier molecular flexibility index (Phi) is 4.87. The molecule has 0 atom stereocenters. The first-order valence-corrected chi connectivity index (χ1v) is 8.12. The number of methoxy groups -OCH3 is 1. The molecule has 0 saturated carbocycles. The third kappa shape index (κ3) is 4.24. The Morgan fingerprint density at radius 1 is 1.19 bits per heavy atom. The van der Waals surface area contributed by atoms with E-state index in [2.05, 4.69) is 14.7 Å². The summed E-state index contributed by atoms with van der Waals surface area (Å²) in [6.07, 6.45) is 1.43. The highest BCUT2D eigenvalue weighted by molar-refractivity contribution is 7.89. The average Bonchev–Trinajstić information content (AvgIpc) is 2.53. The predicted molar refractivity (Wildman–Crippen MR) is 80.3 cm³/mol. The second kappa shape index (κ2) is 6.64. The third-order valence-corrected chi connectivity index (χ3v) is 4.31. The van der Waals surface area contributed by atoms with E-state index >= 15 is 0 Å². The summed E-state index contributed by atoms with van der Waals surface area (Å²) in [6.45, 7) is 1.74. The summed E-state index contributed by atoms with van der Waals surface area (Å²) in [7, 11) is -1.62. The van der Waals surface area contributed by atoms with Gasteiger partial charge >= 0.3 is 0 Å². The molecule has 2 aromatic rings. The molecule has 0 amide bonds. The molecule has 0 spiro atoms. The second-order valence-corrected chi connectivity index (χ2v) is 6.44. The van der Waals surface area contributed by atoms with Gasteiger partial charge in [0.15, 0.2) is 0 Å². The van der Waals surface area contributed by atoms with E-state index in [0.717, 1.165) is 17.0 Å². The van der Waals surface area contributed by atoms with Gasteiger partial charge in [-0.2, -0.15) is 0 Å². The fourth-order valence-corrected chi connectivity index (χ4v) is 2.27. The molecular formula is C14H17N3O3S. The van der Waals surface area contributed by atoms with E-state index in [1.54, 1.807) is 20.1 Å². The van der Waals surface area contributed by atoms with Crippen LogP contribution in [-0.2, 0) is 16.6 Å². The molecule has 1 heterocycles. The van der Waals surface area contributed by atoms with Gasteiger partial charge in [-0.3, -0.25) is 0 Å². The van der Waals surface area contributed by atoms with Crippen molar-refractivity contribution in [3.63, 3.8) is 0 Å². The maximum absolute atomic E-state index is 11.4. The van der Waals surface area contributed by atoms with E-state index in [1.807, 2.05) is 24.3 Å². The lowest BCUT2D eigenvalue weighted by Gasteiger charge is -2.06. The Morgan fingerprint density at radius 3 is 2.52 bits per heavy atom. The molecule has 6 nitrogen and oxygen atoms in total. The summed E-state index contributed by atoms with van der Waals surface area (Å²) in [6, 6.07) is 9.23. The van der Waals surface area contributed by atoms with Crippen LogP contribution in [0.25, 0.3) is 11.3 Å². The van der Waals surface area contributed by atoms with Crippen molar-refractivity contribution in [3.8, 4) is 17.0 Å². The van der Waals surface area contributed by atoms with Crippen molar-refractivity contribution < 1.29 is 13.2 Å². The molecule has 1 N–H and O–H groups in total. The van der Waals surface area contributed by atoms with Crippen LogP contribution >= 0.6 is 0 Å². The van der Waals surface area contributed by atoms with E-state index < -0.39 is 10.0 Å². The van der Waals surface area contributed by atoms with Gasteiger partial charge in [0.2, 0.25) is 10.0 Å². The summed E-state index contributed by atoms with van der Waals surface area (Å²) in [4.78, 5) is 8.27. The van der Waals surface area contributed by atoms with Crippen LogP contribution in [0, 0.1) is 0 Å². The highest BCUT2D eigenvalue weighted by Gasteiger charge is 2.08. The van der Waals surface area contributed by atoms with Gasteiger partial charge in [0.05, 0.1) is 30.8 Å². The average molecular weight is 307 g/mol. The molecule has 0 aliphatic carbocycles. The zero-order valence-electron chi connectivity index (χ0n) is 11.9. The standard InChI is InChI=1S/C14H17N3O3S/c1-3-21(18,19)17-9-12-8-14(16-10-15-12)11-4-6-13(20-2)7-5-11/h4-8,10,17H,3,9H2,1-2H3. The van der Waals surface area contributed by atoms with E-state index in [0.29, 0.717) is 5.69 Å². The van der Waals surface area contributed by atoms with Crippen LogP contribution in [0.3, 0.4) is 0 Å². The van der Waals surface area contributed by atoms with Crippen LogP contribution in [-0.4, -0.2) is 31.2 Å². The molecule has 0 unspecified atom stereocenters. The van der Waals surface area contributed by atoms with Crippen LogP contribution < -0.4 is 9.46 Å². The summed E-state index contributed by atoms with van der Waals surface area (Å²) in [5, 5.41) is 0. The highest BCUT2D eigenvalue weighted by atomic mass is 32.2. The highest BCUT2D eigenvalue weighted by Crippen LogP contribution is 2.20. The van der Waals surface area contributed by atoms with Gasteiger partial charge < -0.3 is 4.74 Å². The number of hydrogen-bond acceptors (Lipinski definition) is 5. The molecule has 0 radical (unpaired) electrons. The molecule has 21 heavy (non-hydrogen) atoms. The zero-order chi connectivity index (χ0) is 15.3. The van der Waals surface area contributed by atoms with E-state index in [9.17, 15) is 8.42 Å². The summed E-state index contributed by atoms with van der Waals surface area (Å²) in [5.74, 6) is 0.812. The minimum absolute atomic E-state index is 0.0451. The number of benzene rings is 1. The Morgan fingerprint density at radius 2 is 1.90 bits per heavy atom. The number of nitrogens with one attached hydrogen (secondary N) is 1. The third-order valence-electron chi connectivity index (χ3n) is 2.96. The van der Waals surface area contributed by atoms with E-state index in [-0.39, 0.29) is 12.3 Å². The van der Waals surface area contributed by atoms with Crippen molar-refractivity contribution in [2.45, 2.75) is 13.5 Å². The first-order chi connectivity index (χ1) is 10.0. The van der Waals surface area contributed by atoms with Crippen molar-refractivity contribution in [2.75, 3.05) is 12.9 Å². The Balaban J connectivity index is 2.17. The molecule has 1 aromatic heterocycles. The van der Waals surface area contributed by atoms with Crippen molar-refractivity contribution in [2.24, 2.45) is 0 Å². The molecule has 0 aliphatic rings. The molecule has 7 heteroatoms. The minimum Gasteiger partial charge on any atom is -0.497 e. The largest absolute Gasteiger partial charge is 0.497 e. The van der Waals surface area contributed by atoms with Crippen molar-refractivity contribution in [1.82, 2.24) is 14.7 Å². The number of ether oxygens (including phenoxy) is 1. The van der Waals surface area contributed by atoms with Gasteiger partial charge in [-0.1, -0.05) is 0 Å². The van der Waals surface area contributed by atoms with Crippen molar-refractivity contribution >= 4 is 10.0 Å². The van der Waals surface area contributed by atoms with Gasteiger partial charge in [-0.05, 0) is 37.3 Å². The number of aromatic nitrogens is 2. The molecule has 112 valence electrons. The fraction of sp³-hybridized carbons (Fsp3) is 0.286. The maximum atomic E-state index is 11.4. The first kappa shape index (κ1) is 15.4. The predicted octanol–water partition coefficient (Wildman–Crippen LogP) is 1.59. The Labute approximate surface area is 124 Å². The number of sulfonamides is 1. The molecular weight excluding hydrogens is 290 g/mol. The molecule has 0 fully saturated rings. The summed E-state index contributed by atoms with van der Waals surface area (Å²) < 4.78 is 30.5. The summed E-state index contributed by atoms with van der Waals surface area (Å²) in [5.41, 5.74) is 2.27. The second-order valence-electron chi connectivity index (χ2n) is 4.35. The lowest BCUT2D eigenvalue weighted by atomic mass is 10.1. The molecule has 0 aliphatic heterocycles. The van der Waals surface area contributed by atoms with E-state index in [1.165, 1.54) is 6.33 Å². The number of rotatable bonds is 6. The topological polar surface area (TPSA) is 81.2 Å². The van der Waals surface area contributed by atoms with Crippen LogP contribution in [0.2, 0.25) is 0 Å². The van der Waals surface area contributed by atoms with Gasteiger partial charge in [0.25, 0.3) is 0 Å². The van der Waals surface area contributed by atoms with Gasteiger partial charge in [-0.15, -0.1) is 0 Å². The van der Waals surface area contributed by atoms with Gasteiger partial charge in [0.1, 0.15) is 12.1 Å². The lowest BCUT2D eigenvalue weighted by molar-refractivity contribution is 0.415. The Bertz CT molecular complexity index is 700. The van der Waals surface area contributed by atoms with Crippen molar-refractivity contribution in [3.05, 3.63) is 42.4 Å². The van der Waals surface area contributed by atoms with Crippen molar-refractivity contribution in [1.29, 1.82) is 0 Å². The quantitative estimate of drug-likeness (QED) is 0.876. The number of hydrogen-bond donors (Lipinski definition) is 1. The van der Waals surface area contributed by atoms with E-state index in [4.69, 9.17) is 4.74 Å². The van der Waals surface area contributed by atoms with Crippen LogP contribution in [0.4, 0.5) is 0 Å². The van der Waals surface area contributed by atoms with Gasteiger partial charge in [0, 0.05) is 5.56 Å². The zero-order valence-corrected chi connectivity index (χ0v) is 12.7. The fourth-order valence-electron chi connectivity index (χ4n) is 1.70. The Hall–Kier alpha value is -1.99. The lowest BCUT2D eigenvalue weighted by Crippen LogP contribution is -2.25. The SMILES string of the molecule is CCS(=O)(=O)NCc1cc(-c2ccc(OC)cc2)ncn1. The van der Waals surface area contributed by atoms with Crippen LogP contribution in [0.1, 0.15) is 12.6 Å². The first-order valence-electron chi connectivity index (χ1n) is 6.47. The monoisotopic (exact) mass is 307 g/mol. The summed E-state index contributed by atoms with van der Waals surface area (Å²) >= 11 is 0. The van der Waals surface area contributed by atoms with Crippen LogP contribution in [0.5, 0.6) is 5.75 Å². The molecule has 0 saturated heterocycles. The molecule has 2 rings (SSSR count). The van der Waals surface area contributed by atoms with Gasteiger partial charge in [-0.25, -0.2) is 23.1 Å². The minimum atomic E-state index is -3.23. The number of nitrogens with zero attached hydrogens (tertiary/aromatic N) is 2. The molecule has 1 aromatic carbocycles. The smallest absolute Gasteiger partial charge is 0.211 e. The normalized spacial score (nSPS) is 11.3. The maximum Gasteiger partial charge on any atom is 0.211 e. The molecule has 0 bridgehead atoms. The van der Waals surface area contributed by atoms with Crippen LogP contribution in [0.15, 0.2) is 36.7 Å².